The number of benzene rings is 10. The van der Waals surface area contributed by atoms with Gasteiger partial charge in [0.25, 0.3) is 0 Å². The molecule has 0 N–H and O–H groups in total. The first-order chi connectivity index (χ1) is 31.8. The first-order valence-electron chi connectivity index (χ1n) is 22.2. The summed E-state index contributed by atoms with van der Waals surface area (Å²) in [7, 11) is 0. The van der Waals surface area contributed by atoms with E-state index in [2.05, 4.69) is 251 Å². The van der Waals surface area contributed by atoms with Crippen molar-refractivity contribution in [3.05, 3.63) is 259 Å². The molecule has 10 aromatic carbocycles. The molecule has 0 radical (unpaired) electrons. The van der Waals surface area contributed by atoms with Gasteiger partial charge in [0, 0.05) is 50.8 Å². The lowest BCUT2D eigenvalue weighted by Gasteiger charge is -2.32. The normalized spacial score (nSPS) is 13.1. The Morgan fingerprint density at radius 3 is 1.64 bits per heavy atom. The molecule has 12 aromatic rings. The molecule has 0 unspecified atom stereocenters. The van der Waals surface area contributed by atoms with E-state index in [4.69, 9.17) is 0 Å². The highest BCUT2D eigenvalue weighted by Crippen LogP contribution is 2.63. The number of para-hydroxylation sites is 2. The third kappa shape index (κ3) is 4.76. The molecule has 1 spiro atoms. The second kappa shape index (κ2) is 13.3. The van der Waals surface area contributed by atoms with Gasteiger partial charge in [0.05, 0.1) is 22.0 Å². The van der Waals surface area contributed by atoms with Crippen LogP contribution in [0.4, 0.5) is 17.1 Å². The smallest absolute Gasteiger partial charge is 0.0726 e. The van der Waals surface area contributed by atoms with Gasteiger partial charge in [0.1, 0.15) is 0 Å². The van der Waals surface area contributed by atoms with Gasteiger partial charge in [-0.3, -0.25) is 0 Å². The van der Waals surface area contributed by atoms with E-state index < -0.39 is 5.41 Å². The van der Waals surface area contributed by atoms with Gasteiger partial charge in [0.15, 0.2) is 0 Å². The van der Waals surface area contributed by atoms with Crippen LogP contribution < -0.4 is 4.90 Å². The van der Waals surface area contributed by atoms with Crippen molar-refractivity contribution in [2.75, 3.05) is 4.90 Å². The molecule has 0 saturated heterocycles. The van der Waals surface area contributed by atoms with Gasteiger partial charge in [-0.1, -0.05) is 152 Å². The summed E-state index contributed by atoms with van der Waals surface area (Å²) < 4.78 is 4.77. The van der Waals surface area contributed by atoms with E-state index in [-0.39, 0.29) is 0 Å². The summed E-state index contributed by atoms with van der Waals surface area (Å²) >= 11 is 0. The Morgan fingerprint density at radius 1 is 0.344 bits per heavy atom. The zero-order valence-electron chi connectivity index (χ0n) is 34.9. The molecule has 0 bridgehead atoms. The number of anilines is 3. The average Bonchev–Trinajstić information content (AvgIpc) is 4.10. The molecule has 64 heavy (non-hydrogen) atoms. The number of hydrogen-bond donors (Lipinski definition) is 0. The molecule has 0 atom stereocenters. The van der Waals surface area contributed by atoms with Crippen molar-refractivity contribution >= 4 is 60.5 Å². The summed E-state index contributed by atoms with van der Waals surface area (Å²) in [5.74, 6) is 0. The number of fused-ring (bicyclic) bond motifs is 16. The highest BCUT2D eigenvalue weighted by atomic mass is 15.1. The topological polar surface area (TPSA) is 13.1 Å². The minimum Gasteiger partial charge on any atom is -0.316 e. The van der Waals surface area contributed by atoms with Crippen LogP contribution in [0.2, 0.25) is 0 Å². The van der Waals surface area contributed by atoms with Crippen LogP contribution in [0.3, 0.4) is 0 Å². The molecule has 0 amide bonds. The second-order valence-electron chi connectivity index (χ2n) is 17.3. The summed E-state index contributed by atoms with van der Waals surface area (Å²) in [6, 6.07) is 85.3. The molecule has 2 heterocycles. The Balaban J connectivity index is 0.964. The zero-order valence-corrected chi connectivity index (χ0v) is 34.9. The molecule has 3 heteroatoms. The number of hydrogen-bond acceptors (Lipinski definition) is 1. The molecule has 0 saturated carbocycles. The summed E-state index contributed by atoms with van der Waals surface area (Å²) in [5, 5.41) is 6.15. The average molecular weight is 814 g/mol. The van der Waals surface area contributed by atoms with Crippen LogP contribution in [-0.4, -0.2) is 9.13 Å². The van der Waals surface area contributed by atoms with Crippen LogP contribution in [0.25, 0.3) is 77.1 Å². The van der Waals surface area contributed by atoms with Crippen LogP contribution >= 0.6 is 0 Å². The van der Waals surface area contributed by atoms with Crippen molar-refractivity contribution in [1.29, 1.82) is 0 Å². The molecule has 2 aliphatic carbocycles. The lowest BCUT2D eigenvalue weighted by atomic mass is 9.70. The maximum Gasteiger partial charge on any atom is 0.0726 e. The van der Waals surface area contributed by atoms with Crippen LogP contribution in [0, 0.1) is 0 Å². The van der Waals surface area contributed by atoms with Crippen LogP contribution in [0.5, 0.6) is 0 Å². The van der Waals surface area contributed by atoms with Gasteiger partial charge in [-0.25, -0.2) is 0 Å². The molecule has 0 aliphatic heterocycles. The van der Waals surface area contributed by atoms with E-state index in [1.807, 2.05) is 0 Å². The number of nitrogens with zero attached hydrogens (tertiary/aromatic N) is 3. The fourth-order valence-corrected chi connectivity index (χ4v) is 11.5. The molecule has 2 aromatic heterocycles. The monoisotopic (exact) mass is 813 g/mol. The van der Waals surface area contributed by atoms with Gasteiger partial charge in [-0.2, -0.15) is 0 Å². The summed E-state index contributed by atoms with van der Waals surface area (Å²) in [4.78, 5) is 2.44. The molecule has 3 nitrogen and oxygen atoms in total. The lowest BCUT2D eigenvalue weighted by molar-refractivity contribution is 0.793. The molecular formula is C61H39N3. The molecule has 2 aliphatic rings. The first kappa shape index (κ1) is 35.2. The minimum atomic E-state index is -0.432. The Morgan fingerprint density at radius 2 is 0.906 bits per heavy atom. The fourth-order valence-electron chi connectivity index (χ4n) is 11.5. The van der Waals surface area contributed by atoms with Crippen LogP contribution in [0.1, 0.15) is 22.3 Å². The summed E-state index contributed by atoms with van der Waals surface area (Å²) in [6.07, 6.45) is 2.23. The van der Waals surface area contributed by atoms with Crippen LogP contribution in [-0.2, 0) is 5.41 Å². The summed E-state index contributed by atoms with van der Waals surface area (Å²) in [6.45, 7) is 0. The Labute approximate surface area is 371 Å². The van der Waals surface area contributed by atoms with Gasteiger partial charge in [-0.15, -0.1) is 0 Å². The van der Waals surface area contributed by atoms with E-state index in [1.165, 1.54) is 88.0 Å². The van der Waals surface area contributed by atoms with Crippen molar-refractivity contribution in [3.63, 3.8) is 0 Å². The Hall–Kier alpha value is -8.40. The predicted molar refractivity (Wildman–Crippen MR) is 266 cm³/mol. The van der Waals surface area contributed by atoms with Gasteiger partial charge in [-0.05, 0) is 134 Å². The third-order valence-corrected chi connectivity index (χ3v) is 14.1. The molecule has 14 rings (SSSR count). The highest BCUT2D eigenvalue weighted by Gasteiger charge is 2.51. The fraction of sp³-hybridized carbons (Fsp3) is 0.0164. The predicted octanol–water partition coefficient (Wildman–Crippen LogP) is 15.7. The van der Waals surface area contributed by atoms with Crippen molar-refractivity contribution < 1.29 is 0 Å². The van der Waals surface area contributed by atoms with E-state index in [9.17, 15) is 0 Å². The lowest BCUT2D eigenvalue weighted by Crippen LogP contribution is -2.26. The maximum atomic E-state index is 2.48. The third-order valence-electron chi connectivity index (χ3n) is 14.1. The quantitative estimate of drug-likeness (QED) is 0.169. The molecular weight excluding hydrogens is 775 g/mol. The molecule has 0 fully saturated rings. The molecule has 298 valence electrons. The van der Waals surface area contributed by atoms with Crippen molar-refractivity contribution in [2.24, 2.45) is 0 Å². The largest absolute Gasteiger partial charge is 0.316 e. The van der Waals surface area contributed by atoms with E-state index in [0.29, 0.717) is 0 Å². The van der Waals surface area contributed by atoms with E-state index in [1.54, 1.807) is 0 Å². The highest BCUT2D eigenvalue weighted by molar-refractivity contribution is 6.20. The van der Waals surface area contributed by atoms with E-state index >= 15 is 0 Å². The standard InChI is InChI=1S/C61H39N3/c1-2-16-44(17-3-1)64-57-25-13-9-21-52(57)59-58(64)35-27-41-36-37-62(60(41)59)43-29-31-45(32-30-43)63(46-28-26-40-14-4-5-15-42(40)38-46)47-33-34-51-50-20-8-12-24-55(50)61(56(51)39-47)53-22-10-6-18-48(53)49-19-7-11-23-54(49)61/h1-39H. The zero-order chi connectivity index (χ0) is 41.9. The first-order valence-corrected chi connectivity index (χ1v) is 22.2. The maximum absolute atomic E-state index is 2.48. The number of aromatic nitrogens is 2. The van der Waals surface area contributed by atoms with Crippen molar-refractivity contribution in [1.82, 2.24) is 9.13 Å². The van der Waals surface area contributed by atoms with Crippen molar-refractivity contribution in [2.45, 2.75) is 5.41 Å². The minimum absolute atomic E-state index is 0.432. The summed E-state index contributed by atoms with van der Waals surface area (Å²) in [5.41, 5.74) is 19.4. The van der Waals surface area contributed by atoms with Crippen molar-refractivity contribution in [3.8, 4) is 33.6 Å². The van der Waals surface area contributed by atoms with Crippen LogP contribution in [0.15, 0.2) is 237 Å². The van der Waals surface area contributed by atoms with Gasteiger partial charge < -0.3 is 14.0 Å². The van der Waals surface area contributed by atoms with E-state index in [0.717, 1.165) is 28.4 Å². The number of rotatable bonds is 5. The van der Waals surface area contributed by atoms with Gasteiger partial charge in [0.2, 0.25) is 0 Å². The van der Waals surface area contributed by atoms with Gasteiger partial charge >= 0.3 is 0 Å². The Kier molecular flexibility index (Phi) is 7.32. The SMILES string of the molecule is c1ccc(-n2c3ccccc3c3c4c(ccc32)ccn4-c2ccc(N(c3ccc4c(c3)C3(c5ccccc5-c5ccccc53)c3ccccc3-4)c3ccc4ccccc4c3)cc2)cc1. The second-order valence-corrected chi connectivity index (χ2v) is 17.3. The Bertz CT molecular complexity index is 3790.